The molecular formula is C42H42N4O3. The van der Waals surface area contributed by atoms with Gasteiger partial charge in [0.2, 0.25) is 5.91 Å². The number of amides is 2. The first-order valence-corrected chi connectivity index (χ1v) is 19.0. The summed E-state index contributed by atoms with van der Waals surface area (Å²) in [5, 5.41) is 0. The van der Waals surface area contributed by atoms with E-state index in [1.807, 2.05) is 6.08 Å². The molecule has 2 aromatic rings. The molecule has 2 amide bonds. The number of para-hydroxylation sites is 2. The van der Waals surface area contributed by atoms with Crippen LogP contribution in [0.25, 0.3) is 0 Å². The van der Waals surface area contributed by atoms with Crippen LogP contribution in [0.2, 0.25) is 0 Å². The third-order valence-corrected chi connectivity index (χ3v) is 16.4. The number of allylic oxidation sites excluding steroid dienone is 1. The van der Waals surface area contributed by atoms with Gasteiger partial charge in [-0.25, -0.2) is 0 Å². The molecule has 9 heterocycles. The molecule has 2 aromatic carbocycles. The molecule has 13 rings (SSSR count). The van der Waals surface area contributed by atoms with Gasteiger partial charge in [0.25, 0.3) is 5.91 Å². The molecule has 0 N–H and O–H groups in total. The zero-order valence-corrected chi connectivity index (χ0v) is 27.9. The Hall–Kier alpha value is -3.52. The van der Waals surface area contributed by atoms with Gasteiger partial charge in [0, 0.05) is 65.3 Å². The molecule has 9 aliphatic heterocycles. The van der Waals surface area contributed by atoms with Crippen LogP contribution in [0.15, 0.2) is 84.0 Å². The highest BCUT2D eigenvalue weighted by molar-refractivity contribution is 6.06. The van der Waals surface area contributed by atoms with E-state index in [0.717, 1.165) is 44.6 Å². The van der Waals surface area contributed by atoms with E-state index < -0.39 is 0 Å². The fraction of sp³-hybridized carbons (Fsp3) is 0.524. The van der Waals surface area contributed by atoms with Crippen molar-refractivity contribution in [1.29, 1.82) is 0 Å². The summed E-state index contributed by atoms with van der Waals surface area (Å²) < 4.78 is 7.14. The maximum absolute atomic E-state index is 15.8. The quantitative estimate of drug-likeness (QED) is 0.424. The fourth-order valence-corrected chi connectivity index (χ4v) is 15.2. The maximum atomic E-state index is 15.8. The Morgan fingerprint density at radius 3 is 2.49 bits per heavy atom. The highest BCUT2D eigenvalue weighted by atomic mass is 16.5. The number of benzene rings is 2. The second-order valence-electron chi connectivity index (χ2n) is 17.3. The van der Waals surface area contributed by atoms with E-state index in [4.69, 9.17) is 4.74 Å². The van der Waals surface area contributed by atoms with Crippen molar-refractivity contribution in [3.63, 3.8) is 0 Å². The summed E-state index contributed by atoms with van der Waals surface area (Å²) in [6, 6.07) is 18.8. The molecule has 0 radical (unpaired) electrons. The second kappa shape index (κ2) is 8.67. The number of carbonyl (C=O) groups is 2. The number of ether oxygens (including phenoxy) is 1. The molecule has 13 atom stereocenters. The maximum Gasteiger partial charge on any atom is 0.250 e. The van der Waals surface area contributed by atoms with Gasteiger partial charge < -0.3 is 14.5 Å². The van der Waals surface area contributed by atoms with Gasteiger partial charge in [-0.2, -0.15) is 0 Å². The molecule has 248 valence electrons. The number of piperidine rings is 3. The summed E-state index contributed by atoms with van der Waals surface area (Å²) >= 11 is 0. The van der Waals surface area contributed by atoms with Gasteiger partial charge in [0.05, 0.1) is 30.7 Å². The second-order valence-corrected chi connectivity index (χ2v) is 17.3. The average Bonchev–Trinajstić information content (AvgIpc) is 3.82. The summed E-state index contributed by atoms with van der Waals surface area (Å²) in [5.74, 6) is 1.61. The molecule has 7 nitrogen and oxygen atoms in total. The van der Waals surface area contributed by atoms with Gasteiger partial charge in [-0.15, -0.1) is 0 Å². The van der Waals surface area contributed by atoms with Crippen LogP contribution in [0.1, 0.15) is 43.7 Å². The molecule has 11 aliphatic rings. The first-order chi connectivity index (χ1) is 24.1. The van der Waals surface area contributed by atoms with Gasteiger partial charge in [-0.1, -0.05) is 65.8 Å². The van der Waals surface area contributed by atoms with Crippen molar-refractivity contribution in [2.24, 2.45) is 29.6 Å². The standard InChI is InChI=1S/C42H42N4O3/c1-2-22-21-44-31(19-42-28-8-4-5-9-29(28)45-34(47)12-11-24(38(42)45)25(22)17-33(42)44)36-37-35-26-18-32-41(14-15-43(32)20-23(26)13-16-49-37)27-7-3-6-10-30(27)46(39(35)41)40(36)48/h2-13,24-26,31-33,35-39H,14-21H2,1H3/b22-2-/t24-,25+,26+,31-,32+,33+,35-,36+,37-,38+,39+,41-,42-/m1/s1. The third-order valence-electron chi connectivity index (χ3n) is 16.4. The Morgan fingerprint density at radius 1 is 0.878 bits per heavy atom. The zero-order chi connectivity index (χ0) is 32.1. The van der Waals surface area contributed by atoms with Crippen LogP contribution >= 0.6 is 0 Å². The number of anilines is 2. The van der Waals surface area contributed by atoms with Crippen molar-refractivity contribution in [3.8, 4) is 0 Å². The molecular weight excluding hydrogens is 608 g/mol. The smallest absolute Gasteiger partial charge is 0.250 e. The molecule has 7 fully saturated rings. The lowest BCUT2D eigenvalue weighted by Gasteiger charge is -2.61. The van der Waals surface area contributed by atoms with Crippen LogP contribution in [-0.2, 0) is 25.2 Å². The summed E-state index contributed by atoms with van der Waals surface area (Å²) in [6.07, 6.45) is 13.0. The summed E-state index contributed by atoms with van der Waals surface area (Å²) in [6.45, 7) is 5.88. The first kappa shape index (κ1) is 27.2. The Morgan fingerprint density at radius 2 is 1.65 bits per heavy atom. The topological polar surface area (TPSA) is 56.3 Å². The fourth-order valence-electron chi connectivity index (χ4n) is 15.2. The Kier molecular flexibility index (Phi) is 4.82. The molecule has 0 aromatic heterocycles. The SMILES string of the molecule is C/C=C1/CN2[C@@H]([C@@H]3C(=O)N4c5ccccc5[C@@]56CCN7CC8=CCO[C@@H]3[C@H]([C@H]45)[C@H]8C[C@H]76)C[C@]34c5ccccc5N5C(=O)C=C[C@@H]([C@H]53)[C@H]1C[C@H]24. The minimum atomic E-state index is -0.252. The highest BCUT2D eigenvalue weighted by Crippen LogP contribution is 2.70. The number of hydrogen-bond donors (Lipinski definition) is 0. The van der Waals surface area contributed by atoms with Gasteiger partial charge in [0.1, 0.15) is 0 Å². The average molecular weight is 651 g/mol. The molecule has 2 spiro atoms. The van der Waals surface area contributed by atoms with Crippen LogP contribution in [-0.4, -0.2) is 84.2 Å². The number of hydrogen-bond acceptors (Lipinski definition) is 5. The number of fused-ring (bicyclic) bond motifs is 6. The van der Waals surface area contributed by atoms with Gasteiger partial charge in [-0.05, 0) is 80.3 Å². The van der Waals surface area contributed by atoms with Crippen molar-refractivity contribution < 1.29 is 14.3 Å². The Bertz CT molecular complexity index is 2020. The van der Waals surface area contributed by atoms with Crippen molar-refractivity contribution in [1.82, 2.24) is 9.80 Å². The number of nitrogens with zero attached hydrogens (tertiary/aromatic N) is 4. The van der Waals surface area contributed by atoms with E-state index in [0.29, 0.717) is 36.3 Å². The van der Waals surface area contributed by atoms with Crippen molar-refractivity contribution in [3.05, 3.63) is 95.1 Å². The minimum Gasteiger partial charge on any atom is -0.373 e. The molecule has 2 aliphatic carbocycles. The van der Waals surface area contributed by atoms with Crippen LogP contribution in [0, 0.1) is 29.6 Å². The molecule has 7 heteroatoms. The summed E-state index contributed by atoms with van der Waals surface area (Å²) in [4.78, 5) is 39.7. The van der Waals surface area contributed by atoms with Gasteiger partial charge >= 0.3 is 0 Å². The van der Waals surface area contributed by atoms with Gasteiger partial charge in [-0.3, -0.25) is 19.4 Å². The minimum absolute atomic E-state index is 0.0123. The normalized spacial score (nSPS) is 48.1. The van der Waals surface area contributed by atoms with Crippen molar-refractivity contribution >= 4 is 23.2 Å². The lowest BCUT2D eigenvalue weighted by Crippen LogP contribution is -2.73. The van der Waals surface area contributed by atoms with Crippen LogP contribution in [0.5, 0.6) is 0 Å². The molecule has 4 bridgehead atoms. The Balaban J connectivity index is 1.02. The lowest BCUT2D eigenvalue weighted by molar-refractivity contribution is -0.149. The molecule has 49 heavy (non-hydrogen) atoms. The predicted octanol–water partition coefficient (Wildman–Crippen LogP) is 4.58. The predicted molar refractivity (Wildman–Crippen MR) is 185 cm³/mol. The molecule has 2 saturated carbocycles. The summed E-state index contributed by atoms with van der Waals surface area (Å²) in [5.41, 5.74) is 7.85. The summed E-state index contributed by atoms with van der Waals surface area (Å²) in [7, 11) is 0. The van der Waals surface area contributed by atoms with Crippen LogP contribution < -0.4 is 9.80 Å². The zero-order valence-electron chi connectivity index (χ0n) is 27.9. The van der Waals surface area contributed by atoms with Crippen molar-refractivity contribution in [2.45, 2.75) is 79.8 Å². The van der Waals surface area contributed by atoms with E-state index in [-0.39, 0.29) is 58.8 Å². The van der Waals surface area contributed by atoms with E-state index in [9.17, 15) is 4.79 Å². The highest BCUT2D eigenvalue weighted by Gasteiger charge is 2.76. The molecule has 0 unspecified atom stereocenters. The number of carbonyl (C=O) groups excluding carboxylic acids is 2. The van der Waals surface area contributed by atoms with E-state index >= 15 is 4.79 Å². The van der Waals surface area contributed by atoms with E-state index in [2.05, 4.69) is 93.3 Å². The van der Waals surface area contributed by atoms with E-state index in [1.165, 1.54) is 28.8 Å². The van der Waals surface area contributed by atoms with Crippen LogP contribution in [0.4, 0.5) is 11.4 Å². The lowest BCUT2D eigenvalue weighted by atomic mass is 9.52. The Labute approximate surface area is 287 Å². The number of rotatable bonds is 1. The van der Waals surface area contributed by atoms with Gasteiger partial charge in [0.15, 0.2) is 0 Å². The van der Waals surface area contributed by atoms with Crippen LogP contribution in [0.3, 0.4) is 0 Å². The molecule has 5 saturated heterocycles. The van der Waals surface area contributed by atoms with Crippen molar-refractivity contribution in [2.75, 3.05) is 36.0 Å². The third kappa shape index (κ3) is 2.76. The monoisotopic (exact) mass is 650 g/mol. The largest absolute Gasteiger partial charge is 0.373 e. The van der Waals surface area contributed by atoms with E-state index in [1.54, 1.807) is 5.57 Å². The first-order valence-electron chi connectivity index (χ1n) is 19.0.